The van der Waals surface area contributed by atoms with Gasteiger partial charge in [0.25, 0.3) is 0 Å². The molecule has 2 N–H and O–H groups in total. The molecule has 0 radical (unpaired) electrons. The first-order chi connectivity index (χ1) is 23.3. The lowest BCUT2D eigenvalue weighted by Crippen LogP contribution is -2.65. The van der Waals surface area contributed by atoms with Crippen LogP contribution in [0.3, 0.4) is 0 Å². The first-order valence-corrected chi connectivity index (χ1v) is 20.3. The van der Waals surface area contributed by atoms with Gasteiger partial charge >= 0.3 is 11.9 Å². The van der Waals surface area contributed by atoms with E-state index in [1.807, 2.05) is 17.7 Å². The molecule has 4 fully saturated rings. The topological polar surface area (TPSA) is 75.6 Å². The van der Waals surface area contributed by atoms with Crippen molar-refractivity contribution in [1.29, 1.82) is 0 Å². The average Bonchev–Trinajstić information content (AvgIpc) is 3.42. The van der Waals surface area contributed by atoms with Gasteiger partial charge in [0.2, 0.25) is 0 Å². The molecule has 0 spiro atoms. The summed E-state index contributed by atoms with van der Waals surface area (Å²) in [6, 6.07) is 8.25. The van der Waals surface area contributed by atoms with E-state index in [0.29, 0.717) is 29.1 Å². The number of halogens is 1. The number of carbonyl (C=O) groups excluding carboxylic acids is 1. The number of allylic oxidation sites excluding steroid dienone is 2. The maximum atomic E-state index is 13.1. The standard InChI is InChI=1S/C44H66ClNO4/c1-28(2)31-16-21-44(24-25-46-27-29-10-12-30(45)13-11-29)23-22-42(8)32(37(31)44)14-15-34-41(7)19-18-35(50-36(47)26-39(3,4)38(48)49)40(5,6)33(41)17-20-43(34,42)9/h10-13,28,32-35,46H,14-27H2,1-9H3,(H,48,49). The smallest absolute Gasteiger partial charge is 0.309 e. The van der Waals surface area contributed by atoms with Gasteiger partial charge < -0.3 is 15.2 Å². The molecule has 0 amide bonds. The van der Waals surface area contributed by atoms with E-state index in [2.05, 4.69) is 65.9 Å². The van der Waals surface area contributed by atoms with Gasteiger partial charge in [-0.15, -0.1) is 0 Å². The van der Waals surface area contributed by atoms with Crippen molar-refractivity contribution < 1.29 is 19.4 Å². The number of carboxylic acids is 1. The van der Waals surface area contributed by atoms with Gasteiger partial charge in [0, 0.05) is 17.0 Å². The van der Waals surface area contributed by atoms with Crippen LogP contribution in [0.5, 0.6) is 0 Å². The van der Waals surface area contributed by atoms with E-state index in [1.165, 1.54) is 63.4 Å². The van der Waals surface area contributed by atoms with E-state index in [1.54, 1.807) is 19.4 Å². The maximum Gasteiger partial charge on any atom is 0.309 e. The summed E-state index contributed by atoms with van der Waals surface area (Å²) in [6.45, 7) is 22.7. The van der Waals surface area contributed by atoms with Crippen molar-refractivity contribution in [2.75, 3.05) is 6.54 Å². The van der Waals surface area contributed by atoms with Gasteiger partial charge in [-0.05, 0) is 154 Å². The van der Waals surface area contributed by atoms with Crippen molar-refractivity contribution in [3.63, 3.8) is 0 Å². The van der Waals surface area contributed by atoms with Crippen molar-refractivity contribution in [3.05, 3.63) is 46.0 Å². The molecule has 0 bridgehead atoms. The molecule has 5 nitrogen and oxygen atoms in total. The molecule has 1 aromatic carbocycles. The molecule has 6 rings (SSSR count). The fraction of sp³-hybridized carbons (Fsp3) is 0.773. The zero-order valence-corrected chi connectivity index (χ0v) is 33.4. The number of ether oxygens (including phenoxy) is 1. The zero-order chi connectivity index (χ0) is 36.5. The van der Waals surface area contributed by atoms with E-state index >= 15 is 0 Å². The predicted octanol–water partition coefficient (Wildman–Crippen LogP) is 11.0. The quantitative estimate of drug-likeness (QED) is 0.144. The molecule has 278 valence electrons. The Kier molecular flexibility index (Phi) is 10.0. The second kappa shape index (κ2) is 13.2. The summed E-state index contributed by atoms with van der Waals surface area (Å²) in [5.74, 6) is 1.06. The first kappa shape index (κ1) is 37.9. The normalized spacial score (nSPS) is 37.8. The third-order valence-corrected chi connectivity index (χ3v) is 16.5. The van der Waals surface area contributed by atoms with Crippen LogP contribution in [0.1, 0.15) is 145 Å². The molecule has 0 heterocycles. The molecule has 4 saturated carbocycles. The molecule has 1 aromatic rings. The molecule has 0 aromatic heterocycles. The summed E-state index contributed by atoms with van der Waals surface area (Å²) in [5.41, 5.74) is 4.76. The maximum absolute atomic E-state index is 13.1. The number of nitrogens with one attached hydrogen (secondary N) is 1. The van der Waals surface area contributed by atoms with Crippen LogP contribution in [0.25, 0.3) is 0 Å². The van der Waals surface area contributed by atoms with E-state index in [0.717, 1.165) is 31.0 Å². The van der Waals surface area contributed by atoms with Gasteiger partial charge in [-0.3, -0.25) is 9.59 Å². The molecule has 5 aliphatic rings. The van der Waals surface area contributed by atoms with E-state index < -0.39 is 11.4 Å². The Balaban J connectivity index is 1.21. The molecule has 8 unspecified atom stereocenters. The fourth-order valence-electron chi connectivity index (χ4n) is 13.2. The lowest BCUT2D eigenvalue weighted by Gasteiger charge is -2.72. The number of hydrogen-bond donors (Lipinski definition) is 2. The largest absolute Gasteiger partial charge is 0.481 e. The number of carbonyl (C=O) groups is 2. The van der Waals surface area contributed by atoms with Crippen molar-refractivity contribution in [2.45, 2.75) is 152 Å². The van der Waals surface area contributed by atoms with Crippen LogP contribution in [0, 0.1) is 56.2 Å². The summed E-state index contributed by atoms with van der Waals surface area (Å²) in [7, 11) is 0. The number of aliphatic carboxylic acids is 1. The van der Waals surface area contributed by atoms with Crippen LogP contribution in [-0.2, 0) is 20.9 Å². The van der Waals surface area contributed by atoms with Gasteiger partial charge in [0.05, 0.1) is 11.8 Å². The molecule has 50 heavy (non-hydrogen) atoms. The average molecular weight is 708 g/mol. The summed E-state index contributed by atoms with van der Waals surface area (Å²) >= 11 is 6.14. The number of carboxylic acid groups (broad SMARTS) is 1. The number of benzene rings is 1. The van der Waals surface area contributed by atoms with Crippen LogP contribution in [0.15, 0.2) is 35.4 Å². The summed E-state index contributed by atoms with van der Waals surface area (Å²) in [6.07, 6.45) is 13.1. The Labute approximate surface area is 308 Å². The highest BCUT2D eigenvalue weighted by molar-refractivity contribution is 6.30. The highest BCUT2D eigenvalue weighted by atomic mass is 35.5. The third-order valence-electron chi connectivity index (χ3n) is 16.2. The lowest BCUT2D eigenvalue weighted by atomic mass is 9.33. The molecule has 5 aliphatic carbocycles. The SMILES string of the molecule is CC(C)C1=C2C3CCC4C5(C)CCC(OC(=O)CC(C)(C)C(=O)O)C(C)(C)C5CCC4(C)C3(C)CCC2(CCNCc2ccc(Cl)cc2)CC1. The first-order valence-electron chi connectivity index (χ1n) is 19.9. The highest BCUT2D eigenvalue weighted by Crippen LogP contribution is 2.77. The number of rotatable bonds is 10. The summed E-state index contributed by atoms with van der Waals surface area (Å²) in [4.78, 5) is 24.8. The van der Waals surface area contributed by atoms with E-state index in [9.17, 15) is 14.7 Å². The van der Waals surface area contributed by atoms with Crippen LogP contribution < -0.4 is 5.32 Å². The van der Waals surface area contributed by atoms with Crippen molar-refractivity contribution in [2.24, 2.45) is 56.2 Å². The second-order valence-electron chi connectivity index (χ2n) is 19.7. The summed E-state index contributed by atoms with van der Waals surface area (Å²) < 4.78 is 6.20. The Morgan fingerprint density at radius 1 is 0.920 bits per heavy atom. The van der Waals surface area contributed by atoms with Crippen LogP contribution in [-0.4, -0.2) is 29.7 Å². The van der Waals surface area contributed by atoms with Gasteiger partial charge in [0.15, 0.2) is 0 Å². The fourth-order valence-corrected chi connectivity index (χ4v) is 13.3. The highest BCUT2D eigenvalue weighted by Gasteiger charge is 2.69. The van der Waals surface area contributed by atoms with Crippen LogP contribution in [0.4, 0.5) is 0 Å². The zero-order valence-electron chi connectivity index (χ0n) is 32.6. The summed E-state index contributed by atoms with van der Waals surface area (Å²) in [5, 5.41) is 14.2. The second-order valence-corrected chi connectivity index (χ2v) is 20.2. The molecule has 0 aliphatic heterocycles. The van der Waals surface area contributed by atoms with Gasteiger partial charge in [-0.2, -0.15) is 0 Å². The lowest BCUT2D eigenvalue weighted by molar-refractivity contribution is -0.233. The predicted molar refractivity (Wildman–Crippen MR) is 203 cm³/mol. The molecular formula is C44H66ClNO4. The van der Waals surface area contributed by atoms with Crippen LogP contribution in [0.2, 0.25) is 5.02 Å². The Hall–Kier alpha value is -1.85. The van der Waals surface area contributed by atoms with E-state index in [-0.39, 0.29) is 40.2 Å². The minimum Gasteiger partial charge on any atom is -0.481 e. The Bertz CT molecular complexity index is 1500. The van der Waals surface area contributed by atoms with E-state index in [4.69, 9.17) is 16.3 Å². The monoisotopic (exact) mass is 707 g/mol. The Morgan fingerprint density at radius 2 is 1.62 bits per heavy atom. The van der Waals surface area contributed by atoms with Gasteiger partial charge in [-0.1, -0.05) is 83.3 Å². The number of hydrogen-bond acceptors (Lipinski definition) is 4. The van der Waals surface area contributed by atoms with Crippen LogP contribution >= 0.6 is 11.6 Å². The number of fused-ring (bicyclic) bond motifs is 7. The van der Waals surface area contributed by atoms with Gasteiger partial charge in [0.1, 0.15) is 6.10 Å². The minimum atomic E-state index is -1.12. The van der Waals surface area contributed by atoms with Crippen molar-refractivity contribution in [1.82, 2.24) is 5.32 Å². The Morgan fingerprint density at radius 3 is 2.28 bits per heavy atom. The van der Waals surface area contributed by atoms with Crippen molar-refractivity contribution in [3.8, 4) is 0 Å². The third kappa shape index (κ3) is 6.10. The minimum absolute atomic E-state index is 0.0919. The number of esters is 1. The molecule has 0 saturated heterocycles. The molecular weight excluding hydrogens is 642 g/mol. The van der Waals surface area contributed by atoms with Gasteiger partial charge in [-0.25, -0.2) is 0 Å². The van der Waals surface area contributed by atoms with Crippen molar-refractivity contribution >= 4 is 23.5 Å². The molecule has 6 heteroatoms. The molecule has 8 atom stereocenters.